The van der Waals surface area contributed by atoms with Crippen molar-refractivity contribution in [2.75, 3.05) is 4.90 Å². The number of nitrogens with zero attached hydrogens (tertiary/aromatic N) is 1. The largest absolute Gasteiger partial charge is 0.310 e. The Morgan fingerprint density at radius 3 is 1.48 bits per heavy atom. The first-order chi connectivity index (χ1) is 28.3. The average Bonchev–Trinajstić information content (AvgIpc) is 3.81. The Bertz CT molecular complexity index is 2910. The molecule has 0 atom stereocenters. The smallest absolute Gasteiger partial charge is 0.0726 e. The fourth-order valence-corrected chi connectivity index (χ4v) is 10.8. The summed E-state index contributed by atoms with van der Waals surface area (Å²) in [5.41, 5.74) is 25.9. The third kappa shape index (κ3) is 4.77. The number of aryl methyl sites for hydroxylation is 3. The van der Waals surface area contributed by atoms with Gasteiger partial charge in [0, 0.05) is 22.5 Å². The molecule has 0 unspecified atom stereocenters. The summed E-state index contributed by atoms with van der Waals surface area (Å²) in [6, 6.07) is 65.0. The van der Waals surface area contributed by atoms with Crippen molar-refractivity contribution in [3.63, 3.8) is 0 Å². The highest BCUT2D eigenvalue weighted by Gasteiger charge is 2.52. The first kappa shape index (κ1) is 34.8. The first-order valence-electron chi connectivity index (χ1n) is 21.0. The Kier molecular flexibility index (Phi) is 7.67. The van der Waals surface area contributed by atoms with Crippen LogP contribution in [-0.4, -0.2) is 0 Å². The minimum Gasteiger partial charge on any atom is -0.310 e. The van der Waals surface area contributed by atoms with E-state index < -0.39 is 5.41 Å². The summed E-state index contributed by atoms with van der Waals surface area (Å²) in [7, 11) is 0. The lowest BCUT2D eigenvalue weighted by atomic mass is 9.70. The molecule has 3 aliphatic carbocycles. The fourth-order valence-electron chi connectivity index (χ4n) is 10.8. The zero-order valence-corrected chi connectivity index (χ0v) is 34.0. The number of rotatable bonds is 6. The summed E-state index contributed by atoms with van der Waals surface area (Å²) in [5.74, 6) is 0. The predicted octanol–water partition coefficient (Wildman–Crippen LogP) is 14.9. The lowest BCUT2D eigenvalue weighted by Crippen LogP contribution is -2.26. The predicted molar refractivity (Wildman–Crippen MR) is 244 cm³/mol. The van der Waals surface area contributed by atoms with Crippen LogP contribution in [-0.2, 0) is 23.7 Å². The van der Waals surface area contributed by atoms with E-state index in [1.807, 2.05) is 0 Å². The van der Waals surface area contributed by atoms with E-state index in [9.17, 15) is 0 Å². The van der Waals surface area contributed by atoms with Crippen molar-refractivity contribution in [2.45, 2.75) is 58.3 Å². The molecule has 1 nitrogen and oxygen atoms in total. The van der Waals surface area contributed by atoms with Crippen LogP contribution in [0, 0.1) is 6.92 Å². The van der Waals surface area contributed by atoms with E-state index in [2.05, 4.69) is 209 Å². The molecule has 0 radical (unpaired) electrons. The van der Waals surface area contributed by atoms with Crippen molar-refractivity contribution in [2.24, 2.45) is 0 Å². The Labute approximate surface area is 343 Å². The summed E-state index contributed by atoms with van der Waals surface area (Å²) < 4.78 is 0. The van der Waals surface area contributed by atoms with Crippen molar-refractivity contribution in [3.8, 4) is 44.5 Å². The van der Waals surface area contributed by atoms with Gasteiger partial charge in [0.05, 0.1) is 5.41 Å². The zero-order chi connectivity index (χ0) is 39.3. The van der Waals surface area contributed by atoms with Gasteiger partial charge in [0.15, 0.2) is 0 Å². The van der Waals surface area contributed by atoms with E-state index in [1.54, 1.807) is 0 Å². The summed E-state index contributed by atoms with van der Waals surface area (Å²) in [4.78, 5) is 2.49. The topological polar surface area (TPSA) is 3.24 Å². The molecule has 8 aromatic rings. The molecule has 0 fully saturated rings. The van der Waals surface area contributed by atoms with Gasteiger partial charge in [-0.15, -0.1) is 0 Å². The van der Waals surface area contributed by atoms with E-state index in [4.69, 9.17) is 0 Å². The minimum atomic E-state index is -0.426. The van der Waals surface area contributed by atoms with Gasteiger partial charge in [-0.3, -0.25) is 0 Å². The maximum atomic E-state index is 2.53. The van der Waals surface area contributed by atoms with Gasteiger partial charge in [0.25, 0.3) is 0 Å². The summed E-state index contributed by atoms with van der Waals surface area (Å²) in [6.07, 6.45) is 2.00. The van der Waals surface area contributed by atoms with Crippen molar-refractivity contribution >= 4 is 17.1 Å². The summed E-state index contributed by atoms with van der Waals surface area (Å²) in [5, 5.41) is 0. The normalized spacial score (nSPS) is 14.4. The molecule has 280 valence electrons. The van der Waals surface area contributed by atoms with Gasteiger partial charge in [-0.25, -0.2) is 0 Å². The number of hydrogen-bond acceptors (Lipinski definition) is 1. The van der Waals surface area contributed by atoms with Gasteiger partial charge in [-0.2, -0.15) is 0 Å². The molecule has 0 aromatic heterocycles. The third-order valence-corrected chi connectivity index (χ3v) is 13.8. The van der Waals surface area contributed by atoms with Gasteiger partial charge in [0.2, 0.25) is 0 Å². The quantitative estimate of drug-likeness (QED) is 0.164. The van der Waals surface area contributed by atoms with E-state index in [0.29, 0.717) is 0 Å². The van der Waals surface area contributed by atoms with Gasteiger partial charge < -0.3 is 4.90 Å². The molecule has 0 saturated carbocycles. The lowest BCUT2D eigenvalue weighted by Gasteiger charge is -2.33. The van der Waals surface area contributed by atoms with E-state index in [0.717, 1.165) is 29.9 Å². The molecular weight excluding hydrogens is 699 g/mol. The molecular formula is C57H47N. The van der Waals surface area contributed by atoms with Crippen LogP contribution in [0.5, 0.6) is 0 Å². The molecule has 11 rings (SSSR count). The van der Waals surface area contributed by atoms with Crippen LogP contribution in [0.15, 0.2) is 170 Å². The number of hydrogen-bond donors (Lipinski definition) is 0. The molecule has 1 heteroatoms. The highest BCUT2D eigenvalue weighted by Crippen LogP contribution is 2.64. The van der Waals surface area contributed by atoms with Crippen LogP contribution < -0.4 is 4.90 Å². The van der Waals surface area contributed by atoms with Crippen LogP contribution in [0.1, 0.15) is 77.8 Å². The standard InChI is InChI=1S/C57H47N/c1-6-37-20-28-46-47-29-21-38(7-2)33-54(47)57(53(46)32-37)52-19-13-11-16-44(52)48-30-26-42(35-55(48)57)58(40-24-22-39(23-25-40)43-15-9-8-14-36(43)3)41-27-31-51-49(34-41)45-17-10-12-18-50(45)56(51,4)5/h8-35H,6-7H2,1-5H3. The second kappa shape index (κ2) is 12.8. The van der Waals surface area contributed by atoms with Crippen molar-refractivity contribution in [1.82, 2.24) is 0 Å². The van der Waals surface area contributed by atoms with E-state index in [-0.39, 0.29) is 5.41 Å². The zero-order valence-electron chi connectivity index (χ0n) is 34.0. The molecule has 0 heterocycles. The molecule has 0 N–H and O–H groups in total. The maximum absolute atomic E-state index is 2.53. The first-order valence-corrected chi connectivity index (χ1v) is 21.0. The fraction of sp³-hybridized carbons (Fsp3) is 0.158. The highest BCUT2D eigenvalue weighted by atomic mass is 15.1. The van der Waals surface area contributed by atoms with Crippen LogP contribution in [0.3, 0.4) is 0 Å². The van der Waals surface area contributed by atoms with Crippen LogP contribution in [0.25, 0.3) is 44.5 Å². The molecule has 0 bridgehead atoms. The van der Waals surface area contributed by atoms with Crippen LogP contribution in [0.4, 0.5) is 17.1 Å². The SMILES string of the molecule is CCc1ccc2c(c1)C1(c3ccccc3-c3ccc(N(c4ccc(-c5ccccc5C)cc4)c4ccc5c(c4)-c4ccccc4C5(C)C)cc31)c1cc(CC)ccc1-2. The highest BCUT2D eigenvalue weighted by molar-refractivity contribution is 5.97. The van der Waals surface area contributed by atoms with Gasteiger partial charge in [-0.05, 0) is 151 Å². The van der Waals surface area contributed by atoms with Crippen molar-refractivity contribution in [1.29, 1.82) is 0 Å². The molecule has 0 saturated heterocycles. The second-order valence-electron chi connectivity index (χ2n) is 17.1. The van der Waals surface area contributed by atoms with Crippen molar-refractivity contribution in [3.05, 3.63) is 220 Å². The van der Waals surface area contributed by atoms with Crippen LogP contribution in [0.2, 0.25) is 0 Å². The molecule has 0 aliphatic heterocycles. The Morgan fingerprint density at radius 1 is 0.379 bits per heavy atom. The third-order valence-electron chi connectivity index (χ3n) is 13.8. The van der Waals surface area contributed by atoms with Gasteiger partial charge in [0.1, 0.15) is 0 Å². The molecule has 1 spiro atoms. The Morgan fingerprint density at radius 2 is 0.845 bits per heavy atom. The lowest BCUT2D eigenvalue weighted by molar-refractivity contribution is 0.660. The molecule has 58 heavy (non-hydrogen) atoms. The van der Waals surface area contributed by atoms with E-state index >= 15 is 0 Å². The van der Waals surface area contributed by atoms with Crippen LogP contribution >= 0.6 is 0 Å². The monoisotopic (exact) mass is 745 g/mol. The summed E-state index contributed by atoms with van der Waals surface area (Å²) >= 11 is 0. The maximum Gasteiger partial charge on any atom is 0.0726 e. The number of fused-ring (bicyclic) bond motifs is 13. The van der Waals surface area contributed by atoms with E-state index in [1.165, 1.54) is 94.6 Å². The van der Waals surface area contributed by atoms with Gasteiger partial charge in [-0.1, -0.05) is 161 Å². The molecule has 3 aliphatic rings. The summed E-state index contributed by atoms with van der Waals surface area (Å²) in [6.45, 7) is 11.5. The minimum absolute atomic E-state index is 0.0614. The average molecular weight is 746 g/mol. The molecule has 8 aromatic carbocycles. The van der Waals surface area contributed by atoms with Gasteiger partial charge >= 0.3 is 0 Å². The Balaban J connectivity index is 1.17. The molecule has 0 amide bonds. The van der Waals surface area contributed by atoms with Crippen molar-refractivity contribution < 1.29 is 0 Å². The number of anilines is 3. The Hall–Kier alpha value is -6.44. The number of benzene rings is 8. The second-order valence-corrected chi connectivity index (χ2v) is 17.1.